The number of para-hydroxylation sites is 2. The van der Waals surface area contributed by atoms with Gasteiger partial charge in [-0.3, -0.25) is 0 Å². The van der Waals surface area contributed by atoms with Crippen molar-refractivity contribution < 1.29 is 9.15 Å². The number of benzene rings is 1. The normalized spacial score (nSPS) is 9.88. The fourth-order valence-electron chi connectivity index (χ4n) is 1.51. The van der Waals surface area contributed by atoms with E-state index in [2.05, 4.69) is 75.2 Å². The van der Waals surface area contributed by atoms with E-state index < -0.39 is 0 Å². The summed E-state index contributed by atoms with van der Waals surface area (Å²) in [4.78, 5) is 0. The highest BCUT2D eigenvalue weighted by molar-refractivity contribution is 5.77. The third-order valence-electron chi connectivity index (χ3n) is 2.95. The standard InChI is InChI=1S/C14H22N2/c1-11(2)15(5)13-9-7-8-10-14(13)16(6)12(3)4/h7-10H,1-6H3/q+2. The molecule has 0 N–H and O–H groups in total. The Bertz CT molecular complexity index is 403. The van der Waals surface area contributed by atoms with Crippen molar-refractivity contribution in [3.63, 3.8) is 0 Å². The molecule has 0 aliphatic rings. The molecule has 0 spiro atoms. The zero-order valence-electron chi connectivity index (χ0n) is 11.2. The van der Waals surface area contributed by atoms with Crippen LogP contribution in [-0.4, -0.2) is 34.7 Å². The second kappa shape index (κ2) is 5.06. The quantitative estimate of drug-likeness (QED) is 0.531. The molecule has 0 fully saturated rings. The Labute approximate surface area is 98.6 Å². The highest BCUT2D eigenvalue weighted by atomic mass is 15.1. The summed E-state index contributed by atoms with van der Waals surface area (Å²) in [5.41, 5.74) is 5.06. The van der Waals surface area contributed by atoms with Gasteiger partial charge in [0, 0.05) is 39.8 Å². The van der Waals surface area contributed by atoms with E-state index in [1.54, 1.807) is 0 Å². The molecule has 0 saturated carbocycles. The summed E-state index contributed by atoms with van der Waals surface area (Å²) in [5.74, 6) is 0. The lowest BCUT2D eigenvalue weighted by atomic mass is 10.2. The topological polar surface area (TPSA) is 6.02 Å². The minimum atomic E-state index is 1.24. The van der Waals surface area contributed by atoms with Crippen molar-refractivity contribution >= 4 is 22.8 Å². The van der Waals surface area contributed by atoms with Crippen LogP contribution in [0.1, 0.15) is 27.7 Å². The molecule has 0 heterocycles. The van der Waals surface area contributed by atoms with Gasteiger partial charge in [0.15, 0.2) is 11.4 Å². The third-order valence-corrected chi connectivity index (χ3v) is 2.95. The van der Waals surface area contributed by atoms with Gasteiger partial charge in [0.05, 0.1) is 0 Å². The van der Waals surface area contributed by atoms with Gasteiger partial charge in [-0.1, -0.05) is 12.1 Å². The molecule has 1 aromatic carbocycles. The first-order valence-electron chi connectivity index (χ1n) is 5.62. The molecule has 2 heteroatoms. The van der Waals surface area contributed by atoms with E-state index in [0.29, 0.717) is 0 Å². The summed E-state index contributed by atoms with van der Waals surface area (Å²) in [7, 11) is 4.21. The minimum absolute atomic E-state index is 1.24. The van der Waals surface area contributed by atoms with Crippen molar-refractivity contribution in [2.45, 2.75) is 27.7 Å². The Morgan fingerprint density at radius 2 is 1.06 bits per heavy atom. The van der Waals surface area contributed by atoms with E-state index in [9.17, 15) is 0 Å². The summed E-state index contributed by atoms with van der Waals surface area (Å²) in [6.07, 6.45) is 0. The van der Waals surface area contributed by atoms with Crippen molar-refractivity contribution in [1.82, 2.24) is 0 Å². The minimum Gasteiger partial charge on any atom is -0.198 e. The molecule has 86 valence electrons. The van der Waals surface area contributed by atoms with Crippen molar-refractivity contribution in [3.05, 3.63) is 24.3 Å². The van der Waals surface area contributed by atoms with Crippen LogP contribution >= 0.6 is 0 Å². The van der Waals surface area contributed by atoms with E-state index in [1.165, 1.54) is 22.8 Å². The van der Waals surface area contributed by atoms with Gasteiger partial charge in [-0.25, -0.2) is 0 Å². The molecule has 0 aliphatic heterocycles. The molecule has 0 saturated heterocycles. The van der Waals surface area contributed by atoms with Gasteiger partial charge in [-0.15, -0.1) is 0 Å². The largest absolute Gasteiger partial charge is 0.277 e. The van der Waals surface area contributed by atoms with Crippen molar-refractivity contribution in [2.24, 2.45) is 0 Å². The molecule has 1 rings (SSSR count). The van der Waals surface area contributed by atoms with E-state index >= 15 is 0 Å². The maximum absolute atomic E-state index is 2.22. The third kappa shape index (κ3) is 2.57. The zero-order chi connectivity index (χ0) is 12.3. The summed E-state index contributed by atoms with van der Waals surface area (Å²) in [5, 5.41) is 0. The second-order valence-electron chi connectivity index (χ2n) is 4.50. The van der Waals surface area contributed by atoms with Gasteiger partial charge < -0.3 is 0 Å². The lowest BCUT2D eigenvalue weighted by molar-refractivity contribution is -0.442. The lowest BCUT2D eigenvalue weighted by Gasteiger charge is -2.03. The maximum Gasteiger partial charge on any atom is 0.277 e. The van der Waals surface area contributed by atoms with Gasteiger partial charge in [-0.2, -0.15) is 9.15 Å². The van der Waals surface area contributed by atoms with Crippen molar-refractivity contribution in [1.29, 1.82) is 0 Å². The molecule has 0 aromatic heterocycles. The molecule has 16 heavy (non-hydrogen) atoms. The van der Waals surface area contributed by atoms with E-state index in [4.69, 9.17) is 0 Å². The van der Waals surface area contributed by atoms with Crippen LogP contribution in [0.3, 0.4) is 0 Å². The Hall–Kier alpha value is -1.44. The number of nitrogens with zero attached hydrogens (tertiary/aromatic N) is 2. The molecular formula is C14H22N2+2. The van der Waals surface area contributed by atoms with Crippen LogP contribution in [0, 0.1) is 0 Å². The van der Waals surface area contributed by atoms with Crippen LogP contribution < -0.4 is 0 Å². The number of rotatable bonds is 2. The van der Waals surface area contributed by atoms with E-state index in [1.807, 2.05) is 0 Å². The predicted octanol–water partition coefficient (Wildman–Crippen LogP) is 3.20. The number of hydrogen-bond donors (Lipinski definition) is 0. The van der Waals surface area contributed by atoms with Crippen LogP contribution in [0.15, 0.2) is 24.3 Å². The van der Waals surface area contributed by atoms with Crippen LogP contribution in [0.2, 0.25) is 0 Å². The highest BCUT2D eigenvalue weighted by Crippen LogP contribution is 2.25. The van der Waals surface area contributed by atoms with E-state index in [0.717, 1.165) is 0 Å². The van der Waals surface area contributed by atoms with Crippen molar-refractivity contribution in [2.75, 3.05) is 14.1 Å². The average Bonchev–Trinajstić information content (AvgIpc) is 2.26. The van der Waals surface area contributed by atoms with Gasteiger partial charge in [0.2, 0.25) is 0 Å². The fraction of sp³-hybridized carbons (Fsp3) is 0.429. The Balaban J connectivity index is 3.44. The summed E-state index contributed by atoms with van der Waals surface area (Å²) in [6.45, 7) is 8.50. The van der Waals surface area contributed by atoms with Gasteiger partial charge in [0.25, 0.3) is 11.4 Å². The van der Waals surface area contributed by atoms with Crippen LogP contribution in [0.4, 0.5) is 11.4 Å². The summed E-state index contributed by atoms with van der Waals surface area (Å²) >= 11 is 0. The molecule has 0 unspecified atom stereocenters. The first-order chi connectivity index (χ1) is 7.45. The van der Waals surface area contributed by atoms with E-state index in [-0.39, 0.29) is 0 Å². The molecule has 2 nitrogen and oxygen atoms in total. The molecule has 0 atom stereocenters. The Morgan fingerprint density at radius 3 is 1.31 bits per heavy atom. The maximum atomic E-state index is 2.22. The van der Waals surface area contributed by atoms with Crippen molar-refractivity contribution in [3.8, 4) is 0 Å². The Kier molecular flexibility index (Phi) is 3.99. The smallest absolute Gasteiger partial charge is 0.198 e. The van der Waals surface area contributed by atoms with Gasteiger partial charge in [0.1, 0.15) is 14.1 Å². The monoisotopic (exact) mass is 218 g/mol. The first-order valence-corrected chi connectivity index (χ1v) is 5.62. The predicted molar refractivity (Wildman–Crippen MR) is 70.8 cm³/mol. The fourth-order valence-corrected chi connectivity index (χ4v) is 1.51. The lowest BCUT2D eigenvalue weighted by Crippen LogP contribution is -2.11. The number of hydrogen-bond acceptors (Lipinski definition) is 0. The molecular weight excluding hydrogens is 196 g/mol. The Morgan fingerprint density at radius 1 is 0.750 bits per heavy atom. The molecule has 1 aromatic rings. The van der Waals surface area contributed by atoms with Crippen LogP contribution in [0.5, 0.6) is 0 Å². The average molecular weight is 218 g/mol. The summed E-state index contributed by atoms with van der Waals surface area (Å²) < 4.78 is 4.43. The van der Waals surface area contributed by atoms with Crippen LogP contribution in [-0.2, 0) is 0 Å². The SMILES string of the molecule is CC(C)=[N+](C)c1ccccc1[N+](C)=C(C)C. The molecule has 0 radical (unpaired) electrons. The highest BCUT2D eigenvalue weighted by Gasteiger charge is 2.19. The molecule has 0 bridgehead atoms. The molecule has 0 aliphatic carbocycles. The first kappa shape index (κ1) is 12.6. The summed E-state index contributed by atoms with van der Waals surface area (Å²) in [6, 6.07) is 8.47. The van der Waals surface area contributed by atoms with Gasteiger partial charge >= 0.3 is 0 Å². The molecule has 0 amide bonds. The second-order valence-corrected chi connectivity index (χ2v) is 4.50. The zero-order valence-corrected chi connectivity index (χ0v) is 11.2. The van der Waals surface area contributed by atoms with Gasteiger partial charge in [-0.05, 0) is 0 Å². The van der Waals surface area contributed by atoms with Crippen LogP contribution in [0.25, 0.3) is 0 Å².